The number of nitrogens with zero attached hydrogens (tertiary/aromatic N) is 3. The number of nitrogens with one attached hydrogen (secondary N) is 1. The van der Waals surface area contributed by atoms with Gasteiger partial charge in [0.2, 0.25) is 5.91 Å². The van der Waals surface area contributed by atoms with E-state index in [0.29, 0.717) is 40.7 Å². The molecule has 2 heterocycles. The van der Waals surface area contributed by atoms with Crippen molar-refractivity contribution in [2.45, 2.75) is 45.2 Å². The normalized spacial score (nSPS) is 14.9. The van der Waals surface area contributed by atoms with E-state index in [1.54, 1.807) is 6.92 Å². The Balaban J connectivity index is 1.48. The Labute approximate surface area is 213 Å². The predicted molar refractivity (Wildman–Crippen MR) is 138 cm³/mol. The molecular weight excluding hydrogens is 484 g/mol. The van der Waals surface area contributed by atoms with Gasteiger partial charge in [0.05, 0.1) is 30.1 Å². The number of thiophene rings is 1. The molecule has 0 saturated carbocycles. The third kappa shape index (κ3) is 5.54. The van der Waals surface area contributed by atoms with Gasteiger partial charge in [0.1, 0.15) is 10.8 Å². The zero-order valence-corrected chi connectivity index (χ0v) is 22.1. The second-order valence-corrected chi connectivity index (χ2v) is 10.5. The monoisotopic (exact) mass is 514 g/mol. The molecule has 10 heteroatoms. The number of anilines is 1. The molecule has 1 aliphatic carbocycles. The van der Waals surface area contributed by atoms with Gasteiger partial charge in [-0.3, -0.25) is 4.79 Å². The first kappa shape index (κ1) is 25.2. The van der Waals surface area contributed by atoms with Crippen LogP contribution >= 0.6 is 23.1 Å². The molecule has 8 nitrogen and oxygen atoms in total. The number of fused-ring (bicyclic) bond motifs is 1. The molecule has 1 atom stereocenters. The van der Waals surface area contributed by atoms with Crippen molar-refractivity contribution in [2.24, 2.45) is 13.0 Å². The lowest BCUT2D eigenvalue weighted by Crippen LogP contribution is -2.18. The van der Waals surface area contributed by atoms with Gasteiger partial charge in [-0.2, -0.15) is 0 Å². The van der Waals surface area contributed by atoms with Crippen LogP contribution in [0.4, 0.5) is 5.00 Å². The van der Waals surface area contributed by atoms with Crippen LogP contribution in [0.25, 0.3) is 11.4 Å². The summed E-state index contributed by atoms with van der Waals surface area (Å²) in [5.41, 5.74) is 2.39. The summed E-state index contributed by atoms with van der Waals surface area (Å²) in [6.07, 6.45) is 2.78. The smallest absolute Gasteiger partial charge is 0.341 e. The highest BCUT2D eigenvalue weighted by atomic mass is 32.2. The van der Waals surface area contributed by atoms with Crippen molar-refractivity contribution in [3.63, 3.8) is 0 Å². The Kier molecular flexibility index (Phi) is 8.12. The van der Waals surface area contributed by atoms with Gasteiger partial charge < -0.3 is 19.4 Å². The number of para-hydroxylation sites is 1. The Morgan fingerprint density at radius 1 is 1.23 bits per heavy atom. The van der Waals surface area contributed by atoms with Crippen LogP contribution in [-0.2, 0) is 29.4 Å². The average Bonchev–Trinajstić information content (AvgIpc) is 3.37. The summed E-state index contributed by atoms with van der Waals surface area (Å²) in [4.78, 5) is 26.7. The second kappa shape index (κ2) is 11.3. The van der Waals surface area contributed by atoms with E-state index in [4.69, 9.17) is 9.47 Å². The Hall–Kier alpha value is -2.85. The second-order valence-electron chi connectivity index (χ2n) is 8.41. The number of aromatic nitrogens is 3. The molecule has 0 bridgehead atoms. The molecular formula is C25H30N4O4S2. The number of benzene rings is 1. The van der Waals surface area contributed by atoms with Gasteiger partial charge in [-0.15, -0.1) is 21.5 Å². The zero-order valence-electron chi connectivity index (χ0n) is 20.4. The van der Waals surface area contributed by atoms with E-state index in [1.807, 2.05) is 42.8 Å². The van der Waals surface area contributed by atoms with Gasteiger partial charge in [-0.1, -0.05) is 30.8 Å². The number of hydrogen-bond acceptors (Lipinski definition) is 8. The molecule has 1 N–H and O–H groups in total. The predicted octanol–water partition coefficient (Wildman–Crippen LogP) is 4.97. The first-order chi connectivity index (χ1) is 16.9. The van der Waals surface area contributed by atoms with Crippen molar-refractivity contribution in [2.75, 3.05) is 24.3 Å². The van der Waals surface area contributed by atoms with Crippen molar-refractivity contribution in [1.82, 2.24) is 14.8 Å². The van der Waals surface area contributed by atoms with Crippen molar-refractivity contribution in [3.05, 3.63) is 40.3 Å². The van der Waals surface area contributed by atoms with E-state index in [2.05, 4.69) is 22.4 Å². The fraction of sp³-hybridized carbons (Fsp3) is 0.440. The van der Waals surface area contributed by atoms with Crippen molar-refractivity contribution < 1.29 is 19.1 Å². The van der Waals surface area contributed by atoms with Crippen LogP contribution in [0.3, 0.4) is 0 Å². The van der Waals surface area contributed by atoms with Crippen LogP contribution in [0, 0.1) is 5.92 Å². The summed E-state index contributed by atoms with van der Waals surface area (Å²) >= 11 is 2.79. The highest BCUT2D eigenvalue weighted by Crippen LogP contribution is 2.40. The molecule has 1 unspecified atom stereocenters. The minimum atomic E-state index is -0.367. The highest BCUT2D eigenvalue weighted by Gasteiger charge is 2.29. The van der Waals surface area contributed by atoms with Crippen LogP contribution in [0.2, 0.25) is 0 Å². The standard InChI is InChI=1S/C25H30N4O4S2/c1-5-32-18-10-8-7-9-16(18)22-27-28-25(29(22)4)34-14-20(30)26-23-21(24(31)33-6-2)17-12-11-15(3)13-19(17)35-23/h7-10,15H,5-6,11-14H2,1-4H3,(H,26,30). The van der Waals surface area contributed by atoms with Crippen molar-refractivity contribution in [1.29, 1.82) is 0 Å². The third-order valence-electron chi connectivity index (χ3n) is 5.84. The molecule has 4 rings (SSSR count). The van der Waals surface area contributed by atoms with E-state index in [0.717, 1.165) is 36.1 Å². The number of esters is 1. The van der Waals surface area contributed by atoms with Crippen LogP contribution < -0.4 is 10.1 Å². The maximum absolute atomic E-state index is 12.9. The molecule has 186 valence electrons. The van der Waals surface area contributed by atoms with Gasteiger partial charge >= 0.3 is 5.97 Å². The molecule has 35 heavy (non-hydrogen) atoms. The first-order valence-corrected chi connectivity index (χ1v) is 13.6. The molecule has 0 aliphatic heterocycles. The van der Waals surface area contributed by atoms with E-state index >= 15 is 0 Å². The van der Waals surface area contributed by atoms with Gasteiger partial charge in [0.15, 0.2) is 11.0 Å². The molecule has 0 saturated heterocycles. The fourth-order valence-corrected chi connectivity index (χ4v) is 6.28. The van der Waals surface area contributed by atoms with E-state index < -0.39 is 0 Å². The van der Waals surface area contributed by atoms with E-state index in [-0.39, 0.29) is 17.6 Å². The molecule has 3 aromatic rings. The largest absolute Gasteiger partial charge is 0.493 e. The van der Waals surface area contributed by atoms with E-state index in [9.17, 15) is 9.59 Å². The Bertz CT molecular complexity index is 1220. The van der Waals surface area contributed by atoms with Gasteiger partial charge in [0.25, 0.3) is 0 Å². The summed E-state index contributed by atoms with van der Waals surface area (Å²) in [6, 6.07) is 7.68. The summed E-state index contributed by atoms with van der Waals surface area (Å²) in [5, 5.41) is 12.7. The molecule has 0 spiro atoms. The lowest BCUT2D eigenvalue weighted by atomic mass is 9.88. The number of rotatable bonds is 9. The summed E-state index contributed by atoms with van der Waals surface area (Å²) in [6.45, 7) is 6.78. The Morgan fingerprint density at radius 2 is 2.03 bits per heavy atom. The van der Waals surface area contributed by atoms with Gasteiger partial charge in [0, 0.05) is 11.9 Å². The number of carbonyl (C=O) groups is 2. The molecule has 0 fully saturated rings. The van der Waals surface area contributed by atoms with Crippen LogP contribution in [-0.4, -0.2) is 45.6 Å². The fourth-order valence-electron chi connectivity index (χ4n) is 4.16. The first-order valence-electron chi connectivity index (χ1n) is 11.8. The van der Waals surface area contributed by atoms with Gasteiger partial charge in [-0.05, 0) is 56.7 Å². The quantitative estimate of drug-likeness (QED) is 0.318. The van der Waals surface area contributed by atoms with Crippen molar-refractivity contribution in [3.8, 4) is 17.1 Å². The Morgan fingerprint density at radius 3 is 2.80 bits per heavy atom. The topological polar surface area (TPSA) is 95.3 Å². The molecule has 1 amide bonds. The minimum absolute atomic E-state index is 0.139. The summed E-state index contributed by atoms with van der Waals surface area (Å²) in [5.74, 6) is 1.54. The highest BCUT2D eigenvalue weighted by molar-refractivity contribution is 7.99. The molecule has 1 aromatic carbocycles. The summed E-state index contributed by atoms with van der Waals surface area (Å²) < 4.78 is 12.9. The molecule has 2 aromatic heterocycles. The number of thioether (sulfide) groups is 1. The maximum Gasteiger partial charge on any atom is 0.341 e. The van der Waals surface area contributed by atoms with Crippen LogP contribution in [0.1, 0.15) is 48.0 Å². The zero-order chi connectivity index (χ0) is 24.9. The van der Waals surface area contributed by atoms with E-state index in [1.165, 1.54) is 28.0 Å². The minimum Gasteiger partial charge on any atom is -0.493 e. The number of amides is 1. The number of ether oxygens (including phenoxy) is 2. The molecule has 1 aliphatic rings. The third-order valence-corrected chi connectivity index (χ3v) is 8.03. The number of hydrogen-bond donors (Lipinski definition) is 1. The number of carbonyl (C=O) groups excluding carboxylic acids is 2. The summed E-state index contributed by atoms with van der Waals surface area (Å²) in [7, 11) is 1.87. The lowest BCUT2D eigenvalue weighted by Gasteiger charge is -2.18. The van der Waals surface area contributed by atoms with Gasteiger partial charge in [-0.25, -0.2) is 4.79 Å². The van der Waals surface area contributed by atoms with Crippen LogP contribution in [0.15, 0.2) is 29.4 Å². The SMILES string of the molecule is CCOC(=O)c1c(NC(=O)CSc2nnc(-c3ccccc3OCC)n2C)sc2c1CCC(C)C2. The van der Waals surface area contributed by atoms with Crippen LogP contribution in [0.5, 0.6) is 5.75 Å². The van der Waals surface area contributed by atoms with Crippen molar-refractivity contribution >= 4 is 40.0 Å². The lowest BCUT2D eigenvalue weighted by molar-refractivity contribution is -0.113. The molecule has 0 radical (unpaired) electrons. The maximum atomic E-state index is 12.9. The average molecular weight is 515 g/mol.